The third-order valence-corrected chi connectivity index (χ3v) is 4.80. The first kappa shape index (κ1) is 17.4. The number of alkyl halides is 3. The van der Waals surface area contributed by atoms with Gasteiger partial charge in [0.25, 0.3) is 0 Å². The van der Waals surface area contributed by atoms with Crippen LogP contribution in [-0.4, -0.2) is 17.0 Å². The van der Waals surface area contributed by atoms with E-state index in [9.17, 15) is 18.0 Å². The molecular weight excluding hydrogens is 355 g/mol. The van der Waals surface area contributed by atoms with E-state index in [-0.39, 0.29) is 6.61 Å². The second-order valence-electron chi connectivity index (χ2n) is 6.36. The zero-order chi connectivity index (χ0) is 19.3. The van der Waals surface area contributed by atoms with Crippen LogP contribution in [0.4, 0.5) is 13.2 Å². The Morgan fingerprint density at radius 3 is 2.37 bits per heavy atom. The van der Waals surface area contributed by atoms with Crippen LogP contribution >= 0.6 is 0 Å². The molecule has 0 unspecified atom stereocenters. The van der Waals surface area contributed by atoms with Gasteiger partial charge in [0.15, 0.2) is 0 Å². The number of nitrogens with zero attached hydrogens (tertiary/aromatic N) is 1. The average Bonchev–Trinajstić information content (AvgIpc) is 2.99. The quantitative estimate of drug-likeness (QED) is 0.332. The maximum atomic E-state index is 13.2. The Kier molecular flexibility index (Phi) is 3.87. The first-order chi connectivity index (χ1) is 12.8. The molecule has 0 atom stereocenters. The molecule has 0 spiro atoms. The van der Waals surface area contributed by atoms with Gasteiger partial charge in [-0.1, -0.05) is 24.3 Å². The molecule has 2 aromatic carbocycles. The highest BCUT2D eigenvalue weighted by atomic mass is 19.4. The highest BCUT2D eigenvalue weighted by molar-refractivity contribution is 6.14. The van der Waals surface area contributed by atoms with Gasteiger partial charge in [0, 0.05) is 16.5 Å². The van der Waals surface area contributed by atoms with Crippen molar-refractivity contribution in [1.82, 2.24) is 4.40 Å². The number of hydrogen-bond donors (Lipinski definition) is 0. The fourth-order valence-electron chi connectivity index (χ4n) is 3.60. The van der Waals surface area contributed by atoms with Crippen molar-refractivity contribution in [3.8, 4) is 0 Å². The third-order valence-electron chi connectivity index (χ3n) is 4.80. The topological polar surface area (TPSA) is 30.7 Å². The van der Waals surface area contributed by atoms with Crippen LogP contribution in [0.25, 0.3) is 27.2 Å². The summed E-state index contributed by atoms with van der Waals surface area (Å²) in [5.74, 6) is -0.442. The zero-order valence-electron chi connectivity index (χ0n) is 14.7. The fourth-order valence-corrected chi connectivity index (χ4v) is 3.60. The molecule has 4 rings (SSSR count). The molecule has 0 aliphatic carbocycles. The van der Waals surface area contributed by atoms with Crippen molar-refractivity contribution in [1.29, 1.82) is 0 Å². The summed E-state index contributed by atoms with van der Waals surface area (Å²) in [6.07, 6.45) is -4.42. The van der Waals surface area contributed by atoms with Crippen LogP contribution in [0.1, 0.15) is 28.5 Å². The molecule has 0 N–H and O–H groups in total. The Bertz CT molecular complexity index is 1210. The van der Waals surface area contributed by atoms with Crippen molar-refractivity contribution in [2.45, 2.75) is 20.0 Å². The minimum Gasteiger partial charge on any atom is -0.462 e. The van der Waals surface area contributed by atoms with Crippen LogP contribution < -0.4 is 0 Å². The Morgan fingerprint density at radius 2 is 1.70 bits per heavy atom. The maximum Gasteiger partial charge on any atom is 0.416 e. The number of aromatic nitrogens is 1. The van der Waals surface area contributed by atoms with Crippen LogP contribution in [0.2, 0.25) is 0 Å². The fraction of sp³-hybridized carbons (Fsp3) is 0.190. The SMILES string of the molecule is CCOC(=O)c1cc2c3ccccc3c3cc(C(F)(F)F)ccc3n2c1C. The van der Waals surface area contributed by atoms with Crippen LogP contribution in [0.5, 0.6) is 0 Å². The van der Waals surface area contributed by atoms with Crippen LogP contribution in [0, 0.1) is 6.92 Å². The van der Waals surface area contributed by atoms with Gasteiger partial charge >= 0.3 is 12.1 Å². The molecule has 2 heterocycles. The minimum atomic E-state index is -4.42. The molecule has 138 valence electrons. The molecule has 0 saturated carbocycles. The lowest BCUT2D eigenvalue weighted by Crippen LogP contribution is -2.06. The predicted octanol–water partition coefficient (Wildman–Crippen LogP) is 5.75. The van der Waals surface area contributed by atoms with E-state index in [1.165, 1.54) is 12.1 Å². The van der Waals surface area contributed by atoms with Crippen molar-refractivity contribution in [2.75, 3.05) is 6.61 Å². The minimum absolute atomic E-state index is 0.251. The van der Waals surface area contributed by atoms with Gasteiger partial charge in [-0.2, -0.15) is 13.2 Å². The van der Waals surface area contributed by atoms with E-state index in [1.807, 2.05) is 16.5 Å². The van der Waals surface area contributed by atoms with Crippen molar-refractivity contribution in [2.24, 2.45) is 0 Å². The molecular formula is C21H16F3NO2. The number of carbonyl (C=O) groups excluding carboxylic acids is 1. The van der Waals surface area contributed by atoms with E-state index in [2.05, 4.69) is 0 Å². The van der Waals surface area contributed by atoms with Gasteiger partial charge in [-0.05, 0) is 43.5 Å². The standard InChI is InChI=1S/C21H16F3NO2/c1-3-27-20(26)16-11-19-15-7-5-4-6-14(15)17-10-13(21(22,23)24)8-9-18(17)25(19)12(16)2/h4-11H,3H2,1-2H3. The number of ether oxygens (including phenoxy) is 1. The Morgan fingerprint density at radius 1 is 1.00 bits per heavy atom. The Balaban J connectivity index is 2.17. The zero-order valence-corrected chi connectivity index (χ0v) is 14.7. The Hall–Kier alpha value is -3.02. The van der Waals surface area contributed by atoms with Crippen molar-refractivity contribution in [3.63, 3.8) is 0 Å². The van der Waals surface area contributed by atoms with Gasteiger partial charge in [-0.3, -0.25) is 0 Å². The lowest BCUT2D eigenvalue weighted by Gasteiger charge is -2.13. The van der Waals surface area contributed by atoms with Gasteiger partial charge in [0.1, 0.15) is 0 Å². The van der Waals surface area contributed by atoms with Crippen LogP contribution in [0.15, 0.2) is 48.5 Å². The normalized spacial score (nSPS) is 12.2. The third kappa shape index (κ3) is 2.63. The summed E-state index contributed by atoms with van der Waals surface area (Å²) in [7, 11) is 0. The van der Waals surface area contributed by atoms with Gasteiger partial charge in [0.05, 0.1) is 28.8 Å². The highest BCUT2D eigenvalue weighted by Gasteiger charge is 2.31. The van der Waals surface area contributed by atoms with Gasteiger partial charge < -0.3 is 9.14 Å². The Labute approximate surface area is 153 Å². The molecule has 0 bridgehead atoms. The molecule has 27 heavy (non-hydrogen) atoms. The summed E-state index contributed by atoms with van der Waals surface area (Å²) in [5, 5.41) is 1.98. The maximum absolute atomic E-state index is 13.2. The van der Waals surface area contributed by atoms with Gasteiger partial charge in [-0.25, -0.2) is 4.79 Å². The van der Waals surface area contributed by atoms with Crippen molar-refractivity contribution >= 4 is 33.2 Å². The first-order valence-corrected chi connectivity index (χ1v) is 8.53. The second kappa shape index (κ2) is 6.01. The number of esters is 1. The molecule has 0 amide bonds. The van der Waals surface area contributed by atoms with E-state index < -0.39 is 17.7 Å². The lowest BCUT2D eigenvalue weighted by atomic mass is 10.0. The first-order valence-electron chi connectivity index (χ1n) is 8.53. The predicted molar refractivity (Wildman–Crippen MR) is 98.1 cm³/mol. The molecule has 2 aromatic heterocycles. The molecule has 0 aliphatic rings. The molecule has 0 aliphatic heterocycles. The number of carbonyl (C=O) groups is 1. The van der Waals surface area contributed by atoms with E-state index in [0.29, 0.717) is 27.5 Å². The monoisotopic (exact) mass is 371 g/mol. The van der Waals surface area contributed by atoms with E-state index in [1.54, 1.807) is 32.0 Å². The number of hydrogen-bond acceptors (Lipinski definition) is 2. The second-order valence-corrected chi connectivity index (χ2v) is 6.36. The van der Waals surface area contributed by atoms with Crippen molar-refractivity contribution < 1.29 is 22.7 Å². The summed E-state index contributed by atoms with van der Waals surface area (Å²) in [5.41, 5.74) is 1.73. The summed E-state index contributed by atoms with van der Waals surface area (Å²) < 4.78 is 46.7. The molecule has 0 radical (unpaired) electrons. The van der Waals surface area contributed by atoms with Gasteiger partial charge in [0.2, 0.25) is 0 Å². The largest absolute Gasteiger partial charge is 0.462 e. The number of rotatable bonds is 2. The molecule has 0 saturated heterocycles. The smallest absolute Gasteiger partial charge is 0.416 e. The van der Waals surface area contributed by atoms with Crippen LogP contribution in [-0.2, 0) is 10.9 Å². The van der Waals surface area contributed by atoms with Crippen LogP contribution in [0.3, 0.4) is 0 Å². The molecule has 3 nitrogen and oxygen atoms in total. The van der Waals surface area contributed by atoms with Crippen molar-refractivity contribution in [3.05, 3.63) is 65.4 Å². The molecule has 6 heteroatoms. The number of benzene rings is 2. The average molecular weight is 371 g/mol. The summed E-state index contributed by atoms with van der Waals surface area (Å²) in [6, 6.07) is 12.7. The van der Waals surface area contributed by atoms with E-state index in [4.69, 9.17) is 4.74 Å². The van der Waals surface area contributed by atoms with E-state index >= 15 is 0 Å². The van der Waals surface area contributed by atoms with E-state index in [0.717, 1.165) is 17.0 Å². The number of aryl methyl sites for hydroxylation is 1. The highest BCUT2D eigenvalue weighted by Crippen LogP contribution is 2.37. The number of fused-ring (bicyclic) bond motifs is 6. The summed E-state index contributed by atoms with van der Waals surface area (Å²) in [6.45, 7) is 3.75. The number of pyridine rings is 1. The number of halogens is 3. The molecule has 0 fully saturated rings. The molecule has 4 aromatic rings. The summed E-state index contributed by atoms with van der Waals surface area (Å²) in [4.78, 5) is 12.3. The lowest BCUT2D eigenvalue weighted by molar-refractivity contribution is -0.137. The van der Waals surface area contributed by atoms with Gasteiger partial charge in [-0.15, -0.1) is 0 Å². The summed E-state index contributed by atoms with van der Waals surface area (Å²) >= 11 is 0.